The highest BCUT2D eigenvalue weighted by Crippen LogP contribution is 2.30. The SMILES string of the molecule is COc1ccccc1-c1ccc(-n2ccnc2-c2ncc[nH]2)cc1. The molecule has 0 saturated carbocycles. The summed E-state index contributed by atoms with van der Waals surface area (Å²) in [6.45, 7) is 0. The van der Waals surface area contributed by atoms with Gasteiger partial charge in [0.1, 0.15) is 5.75 Å². The Morgan fingerprint density at radius 3 is 2.54 bits per heavy atom. The van der Waals surface area contributed by atoms with E-state index < -0.39 is 0 Å². The van der Waals surface area contributed by atoms with Gasteiger partial charge in [0, 0.05) is 36.0 Å². The van der Waals surface area contributed by atoms with Gasteiger partial charge in [0.25, 0.3) is 0 Å². The van der Waals surface area contributed by atoms with Gasteiger partial charge in [-0.2, -0.15) is 0 Å². The summed E-state index contributed by atoms with van der Waals surface area (Å²) < 4.78 is 7.45. The Labute approximate surface area is 139 Å². The summed E-state index contributed by atoms with van der Waals surface area (Å²) in [6.07, 6.45) is 7.21. The van der Waals surface area contributed by atoms with Crippen molar-refractivity contribution >= 4 is 0 Å². The molecule has 4 aromatic rings. The molecule has 118 valence electrons. The molecule has 5 heteroatoms. The molecule has 0 spiro atoms. The third-order valence-corrected chi connectivity index (χ3v) is 3.91. The maximum atomic E-state index is 5.44. The van der Waals surface area contributed by atoms with Gasteiger partial charge in [-0.1, -0.05) is 30.3 Å². The van der Waals surface area contributed by atoms with Crippen LogP contribution < -0.4 is 4.74 Å². The molecule has 5 nitrogen and oxygen atoms in total. The quantitative estimate of drug-likeness (QED) is 0.620. The highest BCUT2D eigenvalue weighted by molar-refractivity contribution is 5.71. The van der Waals surface area contributed by atoms with Crippen molar-refractivity contribution in [2.24, 2.45) is 0 Å². The van der Waals surface area contributed by atoms with E-state index in [0.29, 0.717) is 0 Å². The summed E-state index contributed by atoms with van der Waals surface area (Å²) >= 11 is 0. The molecule has 0 radical (unpaired) electrons. The maximum absolute atomic E-state index is 5.44. The van der Waals surface area contributed by atoms with E-state index in [2.05, 4.69) is 45.3 Å². The lowest BCUT2D eigenvalue weighted by molar-refractivity contribution is 0.416. The van der Waals surface area contributed by atoms with E-state index in [9.17, 15) is 0 Å². The molecule has 0 aliphatic rings. The number of aromatic amines is 1. The van der Waals surface area contributed by atoms with Gasteiger partial charge in [-0.25, -0.2) is 9.97 Å². The first-order valence-electron chi connectivity index (χ1n) is 7.64. The highest BCUT2D eigenvalue weighted by atomic mass is 16.5. The van der Waals surface area contributed by atoms with Gasteiger partial charge in [-0.05, 0) is 23.8 Å². The molecule has 1 N–H and O–H groups in total. The van der Waals surface area contributed by atoms with Crippen molar-refractivity contribution in [1.29, 1.82) is 0 Å². The van der Waals surface area contributed by atoms with E-state index in [1.165, 1.54) is 0 Å². The molecule has 0 unspecified atom stereocenters. The molecule has 0 atom stereocenters. The van der Waals surface area contributed by atoms with E-state index in [1.54, 1.807) is 25.7 Å². The Hall–Kier alpha value is -3.34. The smallest absolute Gasteiger partial charge is 0.180 e. The van der Waals surface area contributed by atoms with E-state index in [0.717, 1.165) is 34.2 Å². The standard InChI is InChI=1S/C19H16N4O/c1-24-17-5-3-2-4-16(17)14-6-8-15(9-7-14)23-13-12-22-19(23)18-20-10-11-21-18/h2-13H,1H3,(H,20,21). The normalized spacial score (nSPS) is 10.7. The molecule has 2 heterocycles. The van der Waals surface area contributed by atoms with Crippen molar-refractivity contribution in [3.05, 3.63) is 73.3 Å². The summed E-state index contributed by atoms with van der Waals surface area (Å²) in [7, 11) is 1.69. The Balaban J connectivity index is 1.72. The molecular formula is C19H16N4O. The van der Waals surface area contributed by atoms with Gasteiger partial charge in [-0.15, -0.1) is 0 Å². The van der Waals surface area contributed by atoms with Crippen LogP contribution in [0.3, 0.4) is 0 Å². The van der Waals surface area contributed by atoms with Crippen LogP contribution in [0.2, 0.25) is 0 Å². The van der Waals surface area contributed by atoms with Gasteiger partial charge in [-0.3, -0.25) is 4.57 Å². The second-order valence-electron chi connectivity index (χ2n) is 5.31. The van der Waals surface area contributed by atoms with Crippen molar-refractivity contribution in [2.75, 3.05) is 7.11 Å². The second kappa shape index (κ2) is 6.04. The van der Waals surface area contributed by atoms with Crippen molar-refractivity contribution < 1.29 is 4.74 Å². The van der Waals surface area contributed by atoms with Gasteiger partial charge >= 0.3 is 0 Å². The van der Waals surface area contributed by atoms with Gasteiger partial charge in [0.15, 0.2) is 11.6 Å². The lowest BCUT2D eigenvalue weighted by atomic mass is 10.0. The number of hydrogen-bond donors (Lipinski definition) is 1. The van der Waals surface area contributed by atoms with Gasteiger partial charge in [0.2, 0.25) is 0 Å². The average Bonchev–Trinajstić information content (AvgIpc) is 3.33. The first kappa shape index (κ1) is 14.3. The van der Waals surface area contributed by atoms with Gasteiger partial charge in [0.05, 0.1) is 7.11 Å². The third kappa shape index (κ3) is 2.46. The van der Waals surface area contributed by atoms with Crippen molar-refractivity contribution in [1.82, 2.24) is 19.5 Å². The van der Waals surface area contributed by atoms with Crippen LogP contribution in [0.5, 0.6) is 5.75 Å². The van der Waals surface area contributed by atoms with Crippen LogP contribution >= 0.6 is 0 Å². The molecule has 0 bridgehead atoms. The van der Waals surface area contributed by atoms with E-state index in [1.807, 2.05) is 29.0 Å². The van der Waals surface area contributed by atoms with Crippen molar-refractivity contribution in [3.63, 3.8) is 0 Å². The zero-order chi connectivity index (χ0) is 16.4. The lowest BCUT2D eigenvalue weighted by Crippen LogP contribution is -1.97. The van der Waals surface area contributed by atoms with Crippen LogP contribution in [0.1, 0.15) is 0 Å². The lowest BCUT2D eigenvalue weighted by Gasteiger charge is -2.10. The topological polar surface area (TPSA) is 55.7 Å². The second-order valence-corrected chi connectivity index (χ2v) is 5.31. The fourth-order valence-corrected chi connectivity index (χ4v) is 2.76. The molecule has 0 amide bonds. The minimum Gasteiger partial charge on any atom is -0.496 e. The number of nitrogens with one attached hydrogen (secondary N) is 1. The van der Waals surface area contributed by atoms with Crippen LogP contribution in [0, 0.1) is 0 Å². The zero-order valence-corrected chi connectivity index (χ0v) is 13.2. The summed E-state index contributed by atoms with van der Waals surface area (Å²) in [6, 6.07) is 16.3. The van der Waals surface area contributed by atoms with Gasteiger partial charge < -0.3 is 9.72 Å². The fraction of sp³-hybridized carbons (Fsp3) is 0.0526. The first-order chi connectivity index (χ1) is 11.9. The van der Waals surface area contributed by atoms with Crippen molar-refractivity contribution in [3.8, 4) is 34.2 Å². The van der Waals surface area contributed by atoms with Crippen LogP contribution in [0.4, 0.5) is 0 Å². The Kier molecular flexibility index (Phi) is 3.59. The summed E-state index contributed by atoms with van der Waals surface area (Å²) in [4.78, 5) is 11.8. The maximum Gasteiger partial charge on any atom is 0.180 e. The Bertz CT molecular complexity index is 940. The third-order valence-electron chi connectivity index (χ3n) is 3.91. The number of methoxy groups -OCH3 is 1. The summed E-state index contributed by atoms with van der Waals surface area (Å²) in [5.41, 5.74) is 3.21. The number of rotatable bonds is 4. The number of benzene rings is 2. The molecule has 0 saturated heterocycles. The monoisotopic (exact) mass is 316 g/mol. The molecule has 24 heavy (non-hydrogen) atoms. The number of hydrogen-bond acceptors (Lipinski definition) is 3. The van der Waals surface area contributed by atoms with Crippen molar-refractivity contribution in [2.45, 2.75) is 0 Å². The van der Waals surface area contributed by atoms with Crippen LogP contribution in [0.15, 0.2) is 73.3 Å². The number of ether oxygens (including phenoxy) is 1. The van der Waals surface area contributed by atoms with Crippen LogP contribution in [0.25, 0.3) is 28.5 Å². The number of nitrogens with zero attached hydrogens (tertiary/aromatic N) is 3. The minimum atomic E-state index is 0.744. The molecule has 0 fully saturated rings. The molecule has 0 aliphatic heterocycles. The Morgan fingerprint density at radius 1 is 0.958 bits per heavy atom. The number of imidazole rings is 2. The predicted molar refractivity (Wildman–Crippen MR) is 93.1 cm³/mol. The minimum absolute atomic E-state index is 0.744. The highest BCUT2D eigenvalue weighted by Gasteiger charge is 2.10. The summed E-state index contributed by atoms with van der Waals surface area (Å²) in [5, 5.41) is 0. The molecular weight excluding hydrogens is 300 g/mol. The number of para-hydroxylation sites is 1. The molecule has 2 aromatic heterocycles. The number of aromatic nitrogens is 4. The molecule has 4 rings (SSSR count). The Morgan fingerprint density at radius 2 is 1.79 bits per heavy atom. The van der Waals surface area contributed by atoms with E-state index in [-0.39, 0.29) is 0 Å². The average molecular weight is 316 g/mol. The first-order valence-corrected chi connectivity index (χ1v) is 7.64. The zero-order valence-electron chi connectivity index (χ0n) is 13.2. The molecule has 0 aliphatic carbocycles. The fourth-order valence-electron chi connectivity index (χ4n) is 2.76. The van der Waals surface area contributed by atoms with Crippen LogP contribution in [-0.4, -0.2) is 26.6 Å². The van der Waals surface area contributed by atoms with E-state index in [4.69, 9.17) is 4.74 Å². The largest absolute Gasteiger partial charge is 0.496 e. The number of H-pyrrole nitrogens is 1. The van der Waals surface area contributed by atoms with E-state index >= 15 is 0 Å². The predicted octanol–water partition coefficient (Wildman–Crippen LogP) is 3.94. The summed E-state index contributed by atoms with van der Waals surface area (Å²) in [5.74, 6) is 2.39. The van der Waals surface area contributed by atoms with Crippen LogP contribution in [-0.2, 0) is 0 Å². The molecule has 2 aromatic carbocycles.